The number of rotatable bonds is 5. The third-order valence-corrected chi connectivity index (χ3v) is 4.84. The maximum absolute atomic E-state index is 12.4. The van der Waals surface area contributed by atoms with Crippen molar-refractivity contribution in [2.75, 3.05) is 6.54 Å². The van der Waals surface area contributed by atoms with Gasteiger partial charge in [0, 0.05) is 6.54 Å². The SMILES string of the molecule is C[C@](CN)(NS(=O)(=O)c1ccccc1)c1ccccc1. The molecule has 0 amide bonds. The van der Waals surface area contributed by atoms with Gasteiger partial charge in [-0.1, -0.05) is 48.5 Å². The predicted molar refractivity (Wildman–Crippen MR) is 79.6 cm³/mol. The number of nitrogens with one attached hydrogen (secondary N) is 1. The maximum atomic E-state index is 12.4. The van der Waals surface area contributed by atoms with Crippen LogP contribution in [-0.4, -0.2) is 15.0 Å². The van der Waals surface area contributed by atoms with Gasteiger partial charge in [-0.3, -0.25) is 0 Å². The van der Waals surface area contributed by atoms with E-state index in [2.05, 4.69) is 4.72 Å². The number of sulfonamides is 1. The van der Waals surface area contributed by atoms with E-state index in [9.17, 15) is 8.42 Å². The first-order chi connectivity index (χ1) is 9.48. The van der Waals surface area contributed by atoms with Crippen LogP contribution in [0.3, 0.4) is 0 Å². The van der Waals surface area contributed by atoms with Gasteiger partial charge in [0.05, 0.1) is 10.4 Å². The highest BCUT2D eigenvalue weighted by Crippen LogP contribution is 2.22. The fourth-order valence-corrected chi connectivity index (χ4v) is 3.41. The molecule has 0 aliphatic rings. The normalized spacial score (nSPS) is 14.7. The highest BCUT2D eigenvalue weighted by atomic mass is 32.2. The Labute approximate surface area is 119 Å². The summed E-state index contributed by atoms with van der Waals surface area (Å²) in [6, 6.07) is 17.6. The molecule has 4 nitrogen and oxygen atoms in total. The van der Waals surface area contributed by atoms with Gasteiger partial charge in [-0.2, -0.15) is 4.72 Å². The van der Waals surface area contributed by atoms with Crippen molar-refractivity contribution in [1.29, 1.82) is 0 Å². The average Bonchev–Trinajstić information content (AvgIpc) is 2.48. The van der Waals surface area contributed by atoms with Gasteiger partial charge in [0.15, 0.2) is 0 Å². The predicted octanol–water partition coefficient (Wildman–Crippen LogP) is 1.84. The standard InChI is InChI=1S/C15H18N2O2S/c1-15(12-16,13-8-4-2-5-9-13)17-20(18,19)14-10-6-3-7-11-14/h2-11,17H,12,16H2,1H3/t15-/m1/s1. The molecule has 0 saturated carbocycles. The van der Waals surface area contributed by atoms with E-state index in [0.29, 0.717) is 0 Å². The Kier molecular flexibility index (Phi) is 4.23. The Bertz CT molecular complexity index is 657. The molecule has 2 rings (SSSR count). The first kappa shape index (κ1) is 14.7. The van der Waals surface area contributed by atoms with Crippen LogP contribution < -0.4 is 10.5 Å². The zero-order valence-electron chi connectivity index (χ0n) is 11.3. The molecule has 0 fully saturated rings. The molecule has 1 atom stereocenters. The summed E-state index contributed by atoms with van der Waals surface area (Å²) in [6.07, 6.45) is 0. The molecule has 0 aliphatic heterocycles. The van der Waals surface area contributed by atoms with E-state index < -0.39 is 15.6 Å². The molecule has 3 N–H and O–H groups in total. The van der Waals surface area contributed by atoms with E-state index in [4.69, 9.17) is 5.73 Å². The molecule has 0 heterocycles. The maximum Gasteiger partial charge on any atom is 0.241 e. The number of benzene rings is 2. The van der Waals surface area contributed by atoms with Crippen LogP contribution in [0.2, 0.25) is 0 Å². The van der Waals surface area contributed by atoms with E-state index >= 15 is 0 Å². The first-order valence-corrected chi connectivity index (χ1v) is 7.81. The lowest BCUT2D eigenvalue weighted by atomic mass is 9.94. The van der Waals surface area contributed by atoms with Crippen LogP contribution in [0.4, 0.5) is 0 Å². The van der Waals surface area contributed by atoms with E-state index in [1.807, 2.05) is 30.3 Å². The van der Waals surface area contributed by atoms with Gasteiger partial charge in [0.1, 0.15) is 0 Å². The molecule has 0 aromatic heterocycles. The summed E-state index contributed by atoms with van der Waals surface area (Å²) < 4.78 is 27.5. The topological polar surface area (TPSA) is 72.2 Å². The Morgan fingerprint density at radius 3 is 2.00 bits per heavy atom. The summed E-state index contributed by atoms with van der Waals surface area (Å²) in [5, 5.41) is 0. The minimum absolute atomic E-state index is 0.170. The van der Waals surface area contributed by atoms with Crippen molar-refractivity contribution in [3.63, 3.8) is 0 Å². The zero-order chi connectivity index (χ0) is 14.6. The molecule has 0 radical (unpaired) electrons. The Hall–Kier alpha value is -1.69. The van der Waals surface area contributed by atoms with Crippen LogP contribution >= 0.6 is 0 Å². The summed E-state index contributed by atoms with van der Waals surface area (Å²) in [5.41, 5.74) is 5.80. The van der Waals surface area contributed by atoms with Gasteiger partial charge >= 0.3 is 0 Å². The lowest BCUT2D eigenvalue weighted by Gasteiger charge is -2.29. The zero-order valence-corrected chi connectivity index (χ0v) is 12.1. The molecule has 106 valence electrons. The van der Waals surface area contributed by atoms with Crippen molar-refractivity contribution < 1.29 is 8.42 Å². The molecule has 0 saturated heterocycles. The smallest absolute Gasteiger partial charge is 0.241 e. The Morgan fingerprint density at radius 1 is 1.00 bits per heavy atom. The average molecular weight is 290 g/mol. The van der Waals surface area contributed by atoms with Crippen molar-refractivity contribution in [3.05, 3.63) is 66.2 Å². The van der Waals surface area contributed by atoms with E-state index in [-0.39, 0.29) is 11.4 Å². The largest absolute Gasteiger partial charge is 0.328 e. The number of nitrogens with two attached hydrogens (primary N) is 1. The molecule has 2 aromatic carbocycles. The van der Waals surface area contributed by atoms with Crippen LogP contribution in [0.1, 0.15) is 12.5 Å². The van der Waals surface area contributed by atoms with Gasteiger partial charge < -0.3 is 5.73 Å². The highest BCUT2D eigenvalue weighted by Gasteiger charge is 2.30. The molecule has 0 aliphatic carbocycles. The van der Waals surface area contributed by atoms with E-state index in [1.54, 1.807) is 37.3 Å². The van der Waals surface area contributed by atoms with Gasteiger partial charge in [0.25, 0.3) is 0 Å². The van der Waals surface area contributed by atoms with Crippen LogP contribution in [0.25, 0.3) is 0 Å². The first-order valence-electron chi connectivity index (χ1n) is 6.32. The summed E-state index contributed by atoms with van der Waals surface area (Å²) in [6.45, 7) is 1.95. The molecule has 5 heteroatoms. The minimum Gasteiger partial charge on any atom is -0.328 e. The lowest BCUT2D eigenvalue weighted by molar-refractivity contribution is 0.441. The van der Waals surface area contributed by atoms with Crippen molar-refractivity contribution in [2.45, 2.75) is 17.4 Å². The van der Waals surface area contributed by atoms with Crippen LogP contribution in [-0.2, 0) is 15.6 Å². The number of hydrogen-bond donors (Lipinski definition) is 2. The van der Waals surface area contributed by atoms with Crippen molar-refractivity contribution >= 4 is 10.0 Å². The fourth-order valence-electron chi connectivity index (χ4n) is 1.98. The molecule has 2 aromatic rings. The second-order valence-corrected chi connectivity index (χ2v) is 6.50. The highest BCUT2D eigenvalue weighted by molar-refractivity contribution is 7.89. The minimum atomic E-state index is -3.61. The van der Waals surface area contributed by atoms with Crippen LogP contribution in [0.15, 0.2) is 65.6 Å². The third kappa shape index (κ3) is 3.07. The summed E-state index contributed by atoms with van der Waals surface area (Å²) in [7, 11) is -3.61. The van der Waals surface area contributed by atoms with Gasteiger partial charge in [-0.15, -0.1) is 0 Å². The fraction of sp³-hybridized carbons (Fsp3) is 0.200. The lowest BCUT2D eigenvalue weighted by Crippen LogP contribution is -2.48. The van der Waals surface area contributed by atoms with Crippen LogP contribution in [0.5, 0.6) is 0 Å². The second-order valence-electron chi connectivity index (χ2n) is 4.82. The third-order valence-electron chi connectivity index (χ3n) is 3.23. The van der Waals surface area contributed by atoms with Gasteiger partial charge in [0.2, 0.25) is 10.0 Å². The van der Waals surface area contributed by atoms with Crippen molar-refractivity contribution in [1.82, 2.24) is 4.72 Å². The van der Waals surface area contributed by atoms with Crippen molar-refractivity contribution in [2.24, 2.45) is 5.73 Å². The second kappa shape index (κ2) is 5.75. The molecule has 0 unspecified atom stereocenters. The van der Waals surface area contributed by atoms with Crippen molar-refractivity contribution in [3.8, 4) is 0 Å². The summed E-state index contributed by atoms with van der Waals surface area (Å²) in [5.74, 6) is 0. The Balaban J connectivity index is 2.36. The monoisotopic (exact) mass is 290 g/mol. The Morgan fingerprint density at radius 2 is 1.50 bits per heavy atom. The molecular formula is C15H18N2O2S. The van der Waals surface area contributed by atoms with E-state index in [0.717, 1.165) is 5.56 Å². The molecule has 20 heavy (non-hydrogen) atoms. The van der Waals surface area contributed by atoms with Crippen LogP contribution in [0, 0.1) is 0 Å². The molecule has 0 spiro atoms. The molecular weight excluding hydrogens is 272 g/mol. The quantitative estimate of drug-likeness (QED) is 0.882. The van der Waals surface area contributed by atoms with E-state index in [1.165, 1.54) is 0 Å². The van der Waals surface area contributed by atoms with Gasteiger partial charge in [-0.25, -0.2) is 8.42 Å². The summed E-state index contributed by atoms with van der Waals surface area (Å²) in [4.78, 5) is 0.232. The number of hydrogen-bond acceptors (Lipinski definition) is 3. The summed E-state index contributed by atoms with van der Waals surface area (Å²) >= 11 is 0. The molecule has 0 bridgehead atoms. The van der Waals surface area contributed by atoms with Gasteiger partial charge in [-0.05, 0) is 24.6 Å².